The smallest absolute Gasteiger partial charge is 0.305 e. The molecule has 1 aromatic heterocycles. The molecule has 6 nitrogen and oxygen atoms in total. The molecule has 0 aliphatic carbocycles. The summed E-state index contributed by atoms with van der Waals surface area (Å²) < 4.78 is 7.07. The lowest BCUT2D eigenvalue weighted by atomic mass is 9.82. The molecule has 1 fully saturated rings. The largest absolute Gasteiger partial charge is 0.489 e. The molecule has 2 amide bonds. The van der Waals surface area contributed by atoms with E-state index in [2.05, 4.69) is 20.9 Å². The van der Waals surface area contributed by atoms with Crippen LogP contribution in [0.2, 0.25) is 0 Å². The number of anilines is 1. The van der Waals surface area contributed by atoms with Gasteiger partial charge in [0, 0.05) is 20.8 Å². The Morgan fingerprint density at radius 1 is 0.917 bits per heavy atom. The van der Waals surface area contributed by atoms with E-state index in [1.807, 2.05) is 54.6 Å². The summed E-state index contributed by atoms with van der Waals surface area (Å²) in [4.78, 5) is 44.5. The number of H-pyrrole nitrogens is 1. The standard InChI is InChI=1S/C27H19BrN2O4S2/c28-16-11-12-19(34-14-15-7-3-1-4-8-15)18(13-16)20-21-23(35-24-22(20)36-27(33)29-24)26(32)30(25(21)31)17-9-5-2-6-10-17/h1-13,20-21,23H,14H2,(H,29,33)/t20-,21?,23?/m1/s1. The van der Waals surface area contributed by atoms with Crippen molar-refractivity contribution in [3.63, 3.8) is 0 Å². The van der Waals surface area contributed by atoms with E-state index in [1.54, 1.807) is 24.3 Å². The van der Waals surface area contributed by atoms with Gasteiger partial charge in [0.15, 0.2) is 0 Å². The summed E-state index contributed by atoms with van der Waals surface area (Å²) in [5.74, 6) is -1.11. The lowest BCUT2D eigenvalue weighted by Crippen LogP contribution is -2.32. The van der Waals surface area contributed by atoms with E-state index in [9.17, 15) is 14.4 Å². The number of hydrogen-bond donors (Lipinski definition) is 1. The number of rotatable bonds is 5. The number of fused-ring (bicyclic) bond motifs is 2. The zero-order valence-corrected chi connectivity index (χ0v) is 21.9. The van der Waals surface area contributed by atoms with Crippen LogP contribution >= 0.6 is 39.0 Å². The fourth-order valence-corrected chi connectivity index (χ4v) is 7.70. The highest BCUT2D eigenvalue weighted by atomic mass is 79.9. The Bertz CT molecular complexity index is 1520. The first kappa shape index (κ1) is 23.3. The molecule has 2 aliphatic heterocycles. The monoisotopic (exact) mass is 578 g/mol. The van der Waals surface area contributed by atoms with E-state index in [1.165, 1.54) is 16.7 Å². The molecule has 3 atom stereocenters. The number of thioether (sulfide) groups is 1. The van der Waals surface area contributed by atoms with Crippen molar-refractivity contribution in [2.45, 2.75) is 22.8 Å². The van der Waals surface area contributed by atoms with Crippen LogP contribution in [0.3, 0.4) is 0 Å². The Labute approximate surface area is 223 Å². The molecule has 180 valence electrons. The fraction of sp³-hybridized carbons (Fsp3) is 0.148. The van der Waals surface area contributed by atoms with Gasteiger partial charge in [-0.05, 0) is 35.9 Å². The van der Waals surface area contributed by atoms with Gasteiger partial charge in [-0.1, -0.05) is 87.6 Å². The van der Waals surface area contributed by atoms with E-state index in [4.69, 9.17) is 4.74 Å². The number of ether oxygens (including phenoxy) is 1. The summed E-state index contributed by atoms with van der Waals surface area (Å²) in [5.41, 5.74) is 2.33. The van der Waals surface area contributed by atoms with Crippen LogP contribution in [0.4, 0.5) is 5.69 Å². The molecule has 2 aliphatic rings. The number of thiazole rings is 1. The zero-order valence-electron chi connectivity index (χ0n) is 18.7. The van der Waals surface area contributed by atoms with Crippen molar-refractivity contribution in [1.29, 1.82) is 0 Å². The third kappa shape index (κ3) is 4.01. The SMILES string of the molecule is O=C1C2Sc3[nH]c(=O)sc3[C@H](c3cc(Br)ccc3OCc3ccccc3)C2C(=O)N1c1ccccc1. The first-order valence-corrected chi connectivity index (χ1v) is 13.8. The lowest BCUT2D eigenvalue weighted by Gasteiger charge is -2.31. The summed E-state index contributed by atoms with van der Waals surface area (Å²) in [6.07, 6.45) is 0. The van der Waals surface area contributed by atoms with Gasteiger partial charge in [0.1, 0.15) is 17.6 Å². The summed E-state index contributed by atoms with van der Waals surface area (Å²) in [7, 11) is 0. The third-order valence-corrected chi connectivity index (χ3v) is 9.28. The lowest BCUT2D eigenvalue weighted by molar-refractivity contribution is -0.122. The topological polar surface area (TPSA) is 79.5 Å². The molecular formula is C27H19BrN2O4S2. The van der Waals surface area contributed by atoms with Crippen LogP contribution in [0.1, 0.15) is 21.9 Å². The second-order valence-electron chi connectivity index (χ2n) is 8.55. The molecular weight excluding hydrogens is 560 g/mol. The summed E-state index contributed by atoms with van der Waals surface area (Å²) in [5, 5.41) is -0.0114. The van der Waals surface area contributed by atoms with Crippen molar-refractivity contribution in [2.24, 2.45) is 5.92 Å². The van der Waals surface area contributed by atoms with Crippen molar-refractivity contribution in [2.75, 3.05) is 4.90 Å². The van der Waals surface area contributed by atoms with Crippen LogP contribution in [0.15, 0.2) is 93.2 Å². The van der Waals surface area contributed by atoms with Gasteiger partial charge in [0.05, 0.1) is 16.6 Å². The molecule has 0 spiro atoms. The van der Waals surface area contributed by atoms with Crippen molar-refractivity contribution < 1.29 is 14.3 Å². The van der Waals surface area contributed by atoms with Crippen molar-refractivity contribution >= 4 is 56.5 Å². The normalized spacial score (nSPS) is 20.8. The minimum atomic E-state index is -0.671. The van der Waals surface area contributed by atoms with Crippen molar-refractivity contribution in [3.05, 3.63) is 109 Å². The van der Waals surface area contributed by atoms with Crippen LogP contribution in [-0.4, -0.2) is 22.0 Å². The van der Waals surface area contributed by atoms with E-state index in [0.717, 1.165) is 31.8 Å². The Kier molecular flexibility index (Phi) is 6.07. The molecule has 1 N–H and O–H groups in total. The van der Waals surface area contributed by atoms with Crippen molar-refractivity contribution in [1.82, 2.24) is 4.98 Å². The van der Waals surface area contributed by atoms with Gasteiger partial charge >= 0.3 is 4.87 Å². The van der Waals surface area contributed by atoms with Crippen LogP contribution in [-0.2, 0) is 16.2 Å². The van der Waals surface area contributed by atoms with Gasteiger partial charge in [-0.15, -0.1) is 0 Å². The predicted octanol–water partition coefficient (Wildman–Crippen LogP) is 5.57. The van der Waals surface area contributed by atoms with Crippen LogP contribution in [0.25, 0.3) is 0 Å². The Morgan fingerprint density at radius 2 is 1.64 bits per heavy atom. The number of carbonyl (C=O) groups excluding carboxylic acids is 2. The molecule has 9 heteroatoms. The van der Waals surface area contributed by atoms with E-state index in [-0.39, 0.29) is 16.7 Å². The number of carbonyl (C=O) groups is 2. The highest BCUT2D eigenvalue weighted by Gasteiger charge is 2.56. The molecule has 3 aromatic carbocycles. The number of amides is 2. The number of nitrogens with one attached hydrogen (secondary N) is 1. The van der Waals surface area contributed by atoms with Gasteiger partial charge < -0.3 is 9.72 Å². The predicted molar refractivity (Wildman–Crippen MR) is 144 cm³/mol. The number of imide groups is 1. The summed E-state index contributed by atoms with van der Waals surface area (Å²) in [6, 6.07) is 24.5. The number of aromatic amines is 1. The van der Waals surface area contributed by atoms with Gasteiger partial charge in [-0.25, -0.2) is 4.90 Å². The van der Waals surface area contributed by atoms with Crippen LogP contribution < -0.4 is 14.5 Å². The number of aromatic nitrogens is 1. The number of nitrogens with zero attached hydrogens (tertiary/aromatic N) is 1. The second-order valence-corrected chi connectivity index (χ2v) is 11.6. The third-order valence-electron chi connectivity index (χ3n) is 6.38. The fourth-order valence-electron chi connectivity index (χ4n) is 4.81. The highest BCUT2D eigenvalue weighted by Crippen LogP contribution is 2.54. The number of hydrogen-bond acceptors (Lipinski definition) is 6. The van der Waals surface area contributed by atoms with Gasteiger partial charge in [-0.2, -0.15) is 0 Å². The zero-order chi connectivity index (χ0) is 24.8. The average molecular weight is 579 g/mol. The molecule has 0 radical (unpaired) electrons. The minimum Gasteiger partial charge on any atom is -0.489 e. The minimum absolute atomic E-state index is 0.209. The average Bonchev–Trinajstić information content (AvgIpc) is 3.38. The molecule has 3 heterocycles. The highest BCUT2D eigenvalue weighted by molar-refractivity contribution is 9.10. The maximum absolute atomic E-state index is 13.9. The number of halogens is 1. The molecule has 0 bridgehead atoms. The van der Waals surface area contributed by atoms with E-state index in [0.29, 0.717) is 23.1 Å². The number of benzene rings is 3. The van der Waals surface area contributed by atoms with E-state index < -0.39 is 17.1 Å². The Balaban J connectivity index is 1.46. The molecule has 0 saturated carbocycles. The summed E-state index contributed by atoms with van der Waals surface area (Å²) in [6.45, 7) is 0.351. The maximum Gasteiger partial charge on any atom is 0.305 e. The molecule has 4 aromatic rings. The first-order valence-electron chi connectivity index (χ1n) is 11.3. The maximum atomic E-state index is 13.9. The molecule has 36 heavy (non-hydrogen) atoms. The van der Waals surface area contributed by atoms with Gasteiger partial charge in [-0.3, -0.25) is 14.4 Å². The van der Waals surface area contributed by atoms with Crippen molar-refractivity contribution in [3.8, 4) is 5.75 Å². The molecule has 2 unspecified atom stereocenters. The van der Waals surface area contributed by atoms with E-state index >= 15 is 0 Å². The quantitative estimate of drug-likeness (QED) is 0.313. The van der Waals surface area contributed by atoms with Gasteiger partial charge in [0.25, 0.3) is 0 Å². The second kappa shape index (κ2) is 9.38. The Hall–Kier alpha value is -3.14. The van der Waals surface area contributed by atoms with Crippen LogP contribution in [0, 0.1) is 5.92 Å². The summed E-state index contributed by atoms with van der Waals surface area (Å²) >= 11 is 5.92. The first-order chi connectivity index (χ1) is 17.5. The Morgan fingerprint density at radius 3 is 2.39 bits per heavy atom. The number of para-hydroxylation sites is 1. The van der Waals surface area contributed by atoms with Crippen LogP contribution in [0.5, 0.6) is 5.75 Å². The van der Waals surface area contributed by atoms with Gasteiger partial charge in [0.2, 0.25) is 11.8 Å². The molecule has 6 rings (SSSR count). The molecule has 1 saturated heterocycles.